The first kappa shape index (κ1) is 24.3. The molecule has 0 aromatic heterocycles. The molecule has 2 aromatic carbocycles. The summed E-state index contributed by atoms with van der Waals surface area (Å²) in [6, 6.07) is 17.5. The number of hydrogen-bond donors (Lipinski definition) is 0. The van der Waals surface area contributed by atoms with Crippen LogP contribution >= 0.6 is 0 Å². The maximum Gasteiger partial charge on any atom is 0.338 e. The van der Waals surface area contributed by atoms with Crippen LogP contribution in [0.3, 0.4) is 0 Å². The number of esters is 2. The summed E-state index contributed by atoms with van der Waals surface area (Å²) < 4.78 is 35.5. The molecule has 182 valence electrons. The van der Waals surface area contributed by atoms with E-state index in [0.29, 0.717) is 11.1 Å². The zero-order valence-corrected chi connectivity index (χ0v) is 19.8. The van der Waals surface area contributed by atoms with Gasteiger partial charge in [0.1, 0.15) is 37.6 Å². The number of benzene rings is 2. The van der Waals surface area contributed by atoms with Crippen LogP contribution in [0.4, 0.5) is 0 Å². The molecule has 0 radical (unpaired) electrons. The first-order valence-corrected chi connectivity index (χ1v) is 11.3. The number of ether oxygens (including phenoxy) is 6. The van der Waals surface area contributed by atoms with Crippen molar-refractivity contribution in [3.05, 3.63) is 71.8 Å². The molecule has 2 aromatic rings. The Morgan fingerprint density at radius 1 is 0.647 bits per heavy atom. The molecular formula is C26H30O8. The van der Waals surface area contributed by atoms with Crippen molar-refractivity contribution in [2.75, 3.05) is 13.2 Å². The molecule has 0 unspecified atom stereocenters. The van der Waals surface area contributed by atoms with E-state index in [1.165, 1.54) is 0 Å². The lowest BCUT2D eigenvalue weighted by Gasteiger charge is -2.53. The second-order valence-electron chi connectivity index (χ2n) is 9.21. The van der Waals surface area contributed by atoms with Gasteiger partial charge in [-0.05, 0) is 52.0 Å². The van der Waals surface area contributed by atoms with E-state index in [1.54, 1.807) is 76.2 Å². The van der Waals surface area contributed by atoms with Gasteiger partial charge in [-0.3, -0.25) is 0 Å². The van der Waals surface area contributed by atoms with Crippen LogP contribution in [-0.4, -0.2) is 61.1 Å². The van der Waals surface area contributed by atoms with Crippen molar-refractivity contribution in [2.45, 2.75) is 63.7 Å². The van der Waals surface area contributed by atoms with Gasteiger partial charge in [-0.2, -0.15) is 0 Å². The topological polar surface area (TPSA) is 89.5 Å². The van der Waals surface area contributed by atoms with Gasteiger partial charge in [0.15, 0.2) is 11.6 Å². The molecule has 2 aliphatic rings. The maximum absolute atomic E-state index is 12.5. The van der Waals surface area contributed by atoms with Crippen LogP contribution in [0, 0.1) is 0 Å². The fourth-order valence-electron chi connectivity index (χ4n) is 4.17. The molecule has 0 amide bonds. The largest absolute Gasteiger partial charge is 0.459 e. The molecule has 0 N–H and O–H groups in total. The van der Waals surface area contributed by atoms with Crippen LogP contribution in [0.15, 0.2) is 60.7 Å². The zero-order chi connectivity index (χ0) is 24.3. The Labute approximate surface area is 199 Å². The highest BCUT2D eigenvalue weighted by atomic mass is 16.8. The normalized spacial score (nSPS) is 27.3. The summed E-state index contributed by atoms with van der Waals surface area (Å²) in [5.74, 6) is -2.91. The van der Waals surface area contributed by atoms with Crippen LogP contribution in [0.1, 0.15) is 48.4 Å². The number of carbonyl (C=O) groups excluding carboxylic acids is 2. The highest BCUT2D eigenvalue weighted by Gasteiger charge is 2.54. The van der Waals surface area contributed by atoms with Crippen molar-refractivity contribution >= 4 is 11.9 Å². The van der Waals surface area contributed by atoms with Crippen molar-refractivity contribution in [1.29, 1.82) is 0 Å². The molecule has 8 heteroatoms. The smallest absolute Gasteiger partial charge is 0.338 e. The highest BCUT2D eigenvalue weighted by molar-refractivity contribution is 5.89. The second kappa shape index (κ2) is 9.84. The summed E-state index contributed by atoms with van der Waals surface area (Å²) in [5.41, 5.74) is 0.897. The van der Waals surface area contributed by atoms with E-state index < -0.39 is 47.9 Å². The minimum Gasteiger partial charge on any atom is -0.459 e. The molecule has 8 nitrogen and oxygen atoms in total. The van der Waals surface area contributed by atoms with Gasteiger partial charge in [0, 0.05) is 0 Å². The third kappa shape index (κ3) is 5.82. The quantitative estimate of drug-likeness (QED) is 0.590. The van der Waals surface area contributed by atoms with Gasteiger partial charge < -0.3 is 28.4 Å². The number of carbonyl (C=O) groups is 2. The summed E-state index contributed by atoms with van der Waals surface area (Å²) in [7, 11) is 0. The molecule has 2 fully saturated rings. The van der Waals surface area contributed by atoms with E-state index in [0.717, 1.165) is 0 Å². The monoisotopic (exact) mass is 470 g/mol. The molecular weight excluding hydrogens is 440 g/mol. The van der Waals surface area contributed by atoms with Crippen molar-refractivity contribution < 1.29 is 38.0 Å². The molecule has 0 bridgehead atoms. The minimum absolute atomic E-state index is 0.0334. The van der Waals surface area contributed by atoms with Crippen LogP contribution in [0.2, 0.25) is 0 Å². The summed E-state index contributed by atoms with van der Waals surface area (Å²) in [4.78, 5) is 25.0. The lowest BCUT2D eigenvalue weighted by Crippen LogP contribution is -2.67. The summed E-state index contributed by atoms with van der Waals surface area (Å²) >= 11 is 0. The van der Waals surface area contributed by atoms with Crippen LogP contribution in [-0.2, 0) is 28.4 Å². The van der Waals surface area contributed by atoms with Gasteiger partial charge in [-0.1, -0.05) is 36.4 Å². The predicted molar refractivity (Wildman–Crippen MR) is 121 cm³/mol. The van der Waals surface area contributed by atoms with E-state index in [-0.39, 0.29) is 13.2 Å². The van der Waals surface area contributed by atoms with Crippen molar-refractivity contribution in [2.24, 2.45) is 0 Å². The first-order valence-electron chi connectivity index (χ1n) is 11.3. The Balaban J connectivity index is 1.47. The van der Waals surface area contributed by atoms with Crippen LogP contribution in [0.5, 0.6) is 0 Å². The molecule has 4 rings (SSSR count). The summed E-state index contributed by atoms with van der Waals surface area (Å²) in [5, 5.41) is 0. The Kier molecular flexibility index (Phi) is 7.04. The van der Waals surface area contributed by atoms with Crippen molar-refractivity contribution in [1.82, 2.24) is 0 Å². The lowest BCUT2D eigenvalue weighted by molar-refractivity contribution is -0.426. The average molecular weight is 471 g/mol. The van der Waals surface area contributed by atoms with Gasteiger partial charge >= 0.3 is 11.9 Å². The van der Waals surface area contributed by atoms with Crippen molar-refractivity contribution in [3.63, 3.8) is 0 Å². The van der Waals surface area contributed by atoms with Gasteiger partial charge in [-0.15, -0.1) is 0 Å². The molecule has 0 spiro atoms. The van der Waals surface area contributed by atoms with Crippen molar-refractivity contribution in [3.8, 4) is 0 Å². The molecule has 2 aliphatic heterocycles. The molecule has 0 saturated carbocycles. The number of rotatable bonds is 6. The lowest BCUT2D eigenvalue weighted by atomic mass is 9.97. The molecule has 34 heavy (non-hydrogen) atoms. The average Bonchev–Trinajstić information content (AvgIpc) is 2.81. The summed E-state index contributed by atoms with van der Waals surface area (Å²) in [6.07, 6.45) is -2.45. The van der Waals surface area contributed by atoms with Gasteiger partial charge in [0.05, 0.1) is 11.1 Å². The van der Waals surface area contributed by atoms with E-state index in [9.17, 15) is 9.59 Å². The first-order chi connectivity index (χ1) is 16.1. The zero-order valence-electron chi connectivity index (χ0n) is 19.8. The predicted octanol–water partition coefficient (Wildman–Crippen LogP) is 3.74. The van der Waals surface area contributed by atoms with E-state index in [2.05, 4.69) is 0 Å². The minimum atomic E-state index is -0.999. The Morgan fingerprint density at radius 2 is 1.00 bits per heavy atom. The maximum atomic E-state index is 12.5. The van der Waals surface area contributed by atoms with Gasteiger partial charge in [-0.25, -0.2) is 9.59 Å². The van der Waals surface area contributed by atoms with E-state index >= 15 is 0 Å². The molecule has 2 saturated heterocycles. The Hall–Kier alpha value is -2.78. The third-order valence-corrected chi connectivity index (χ3v) is 5.54. The third-order valence-electron chi connectivity index (χ3n) is 5.54. The van der Waals surface area contributed by atoms with E-state index in [1.807, 2.05) is 12.1 Å². The van der Waals surface area contributed by atoms with Crippen LogP contribution in [0.25, 0.3) is 0 Å². The van der Waals surface area contributed by atoms with Gasteiger partial charge in [0.2, 0.25) is 0 Å². The number of hydrogen-bond acceptors (Lipinski definition) is 8. The Morgan fingerprint density at radius 3 is 1.35 bits per heavy atom. The molecule has 2 heterocycles. The summed E-state index contributed by atoms with van der Waals surface area (Å²) in [6.45, 7) is 7.00. The second-order valence-corrected chi connectivity index (χ2v) is 9.21. The SMILES string of the molecule is CC1(C)O[C@@H]2[C@@H](OC(C)(C)O[C@@H]2COC(=O)c2ccccc2)[C@H](COC(=O)c2ccccc2)O1. The highest BCUT2D eigenvalue weighted by Crippen LogP contribution is 2.38. The fraction of sp³-hybridized carbons (Fsp3) is 0.462. The molecule has 4 atom stereocenters. The van der Waals surface area contributed by atoms with Gasteiger partial charge in [0.25, 0.3) is 0 Å². The van der Waals surface area contributed by atoms with E-state index in [4.69, 9.17) is 28.4 Å². The Bertz CT molecular complexity index is 907. The fourth-order valence-corrected chi connectivity index (χ4v) is 4.17. The molecule has 0 aliphatic carbocycles. The van der Waals surface area contributed by atoms with Crippen LogP contribution < -0.4 is 0 Å². The standard InChI is InChI=1S/C26H30O8/c1-25(2)31-19(15-29-23(27)17-11-7-5-8-12-17)22-21(33-25)20(32-26(3,4)34-22)16-30-24(28)18-13-9-6-10-14-18/h5-14,19-22H,15-16H2,1-4H3/t19-,20+,21-,22-/m0/s1. The number of fused-ring (bicyclic) bond motifs is 1.